The molecule has 0 fully saturated rings. The van der Waals surface area contributed by atoms with Gasteiger partial charge >= 0.3 is 0 Å². The number of hydrogen-bond acceptors (Lipinski definition) is 5. The third-order valence-electron chi connectivity index (χ3n) is 3.43. The smallest absolute Gasteiger partial charge is 0.231 e. The standard InChI is InChI=1S/C15H10N2O4/c18-9-2-3-10(19)15-14(9)16-13(17-15)6-8-1-4-11-12(5-8)21-7-20-11/h1-5H,6-7H2,(H,16,17). The summed E-state index contributed by atoms with van der Waals surface area (Å²) in [7, 11) is 0. The molecule has 6 heteroatoms. The number of hydrogen-bond donors (Lipinski definition) is 1. The number of aromatic nitrogens is 2. The summed E-state index contributed by atoms with van der Waals surface area (Å²) in [5.41, 5.74) is 1.41. The second-order valence-corrected chi connectivity index (χ2v) is 4.83. The van der Waals surface area contributed by atoms with Gasteiger partial charge in [0.05, 0.1) is 0 Å². The molecule has 2 aromatic rings. The van der Waals surface area contributed by atoms with Crippen LogP contribution in [0.25, 0.3) is 0 Å². The van der Waals surface area contributed by atoms with Crippen molar-refractivity contribution in [3.63, 3.8) is 0 Å². The van der Waals surface area contributed by atoms with E-state index in [2.05, 4.69) is 9.97 Å². The van der Waals surface area contributed by atoms with Crippen LogP contribution < -0.4 is 9.47 Å². The average molecular weight is 282 g/mol. The van der Waals surface area contributed by atoms with E-state index in [0.717, 1.165) is 5.56 Å². The van der Waals surface area contributed by atoms with Gasteiger partial charge in [-0.25, -0.2) is 4.98 Å². The summed E-state index contributed by atoms with van der Waals surface area (Å²) in [5, 5.41) is 0. The first-order chi connectivity index (χ1) is 10.2. The van der Waals surface area contributed by atoms with Crippen molar-refractivity contribution in [3.8, 4) is 11.5 Å². The second kappa shape index (κ2) is 4.31. The summed E-state index contributed by atoms with van der Waals surface area (Å²) < 4.78 is 10.6. The molecule has 0 bridgehead atoms. The number of aromatic amines is 1. The fraction of sp³-hybridized carbons (Fsp3) is 0.133. The molecule has 2 aliphatic rings. The van der Waals surface area contributed by atoms with Gasteiger partial charge in [0.2, 0.25) is 18.4 Å². The van der Waals surface area contributed by atoms with Crippen LogP contribution in [0.5, 0.6) is 11.5 Å². The van der Waals surface area contributed by atoms with Crippen LogP contribution in [-0.4, -0.2) is 28.3 Å². The van der Waals surface area contributed by atoms with Crippen molar-refractivity contribution in [2.24, 2.45) is 0 Å². The Morgan fingerprint density at radius 1 is 1.10 bits per heavy atom. The molecule has 4 rings (SSSR count). The summed E-state index contributed by atoms with van der Waals surface area (Å²) in [5.74, 6) is 1.50. The molecule has 0 amide bonds. The molecule has 0 atom stereocenters. The van der Waals surface area contributed by atoms with Gasteiger partial charge in [0.15, 0.2) is 11.5 Å². The zero-order valence-electron chi connectivity index (χ0n) is 10.9. The van der Waals surface area contributed by atoms with Gasteiger partial charge in [0.1, 0.15) is 17.2 Å². The summed E-state index contributed by atoms with van der Waals surface area (Å²) in [6, 6.07) is 5.60. The predicted molar refractivity (Wildman–Crippen MR) is 71.8 cm³/mol. The van der Waals surface area contributed by atoms with Gasteiger partial charge in [-0.3, -0.25) is 9.59 Å². The third-order valence-corrected chi connectivity index (χ3v) is 3.43. The van der Waals surface area contributed by atoms with Crippen LogP contribution in [0, 0.1) is 0 Å². The SMILES string of the molecule is O=C1C=CC(=O)c2[nH]c(Cc3ccc4c(c3)OCO4)nc21. The second-order valence-electron chi connectivity index (χ2n) is 4.83. The Hall–Kier alpha value is -2.89. The van der Waals surface area contributed by atoms with Crippen molar-refractivity contribution in [3.05, 3.63) is 53.1 Å². The molecule has 104 valence electrons. The van der Waals surface area contributed by atoms with Gasteiger partial charge in [-0.05, 0) is 29.8 Å². The van der Waals surface area contributed by atoms with Crippen LogP contribution in [0.15, 0.2) is 30.4 Å². The molecule has 6 nitrogen and oxygen atoms in total. The first kappa shape index (κ1) is 11.9. The van der Waals surface area contributed by atoms with Crippen LogP contribution >= 0.6 is 0 Å². The van der Waals surface area contributed by atoms with Crippen molar-refractivity contribution < 1.29 is 19.1 Å². The molecule has 0 unspecified atom stereocenters. The van der Waals surface area contributed by atoms with Crippen LogP contribution in [0.1, 0.15) is 32.4 Å². The zero-order valence-corrected chi connectivity index (χ0v) is 10.9. The lowest BCUT2D eigenvalue weighted by molar-refractivity contribution is 0.0989. The highest BCUT2D eigenvalue weighted by Crippen LogP contribution is 2.33. The number of imidazole rings is 1. The fourth-order valence-corrected chi connectivity index (χ4v) is 2.42. The lowest BCUT2D eigenvalue weighted by Gasteiger charge is -2.00. The number of rotatable bonds is 2. The zero-order chi connectivity index (χ0) is 14.4. The van der Waals surface area contributed by atoms with Crippen molar-refractivity contribution in [2.75, 3.05) is 6.79 Å². The monoisotopic (exact) mass is 282 g/mol. The van der Waals surface area contributed by atoms with Crippen molar-refractivity contribution in [1.29, 1.82) is 0 Å². The minimum absolute atomic E-state index is 0.193. The molecule has 0 spiro atoms. The topological polar surface area (TPSA) is 81.3 Å². The highest BCUT2D eigenvalue weighted by Gasteiger charge is 2.24. The number of H-pyrrole nitrogens is 1. The maximum Gasteiger partial charge on any atom is 0.231 e. The molecule has 0 saturated carbocycles. The van der Waals surface area contributed by atoms with E-state index in [1.165, 1.54) is 12.2 Å². The number of nitrogens with zero attached hydrogens (tertiary/aromatic N) is 1. The minimum atomic E-state index is -0.252. The summed E-state index contributed by atoms with van der Waals surface area (Å²) in [6.45, 7) is 0.225. The maximum atomic E-state index is 11.7. The largest absolute Gasteiger partial charge is 0.454 e. The quantitative estimate of drug-likeness (QED) is 0.906. The lowest BCUT2D eigenvalue weighted by atomic mass is 10.1. The minimum Gasteiger partial charge on any atom is -0.454 e. The number of carbonyl (C=O) groups is 2. The van der Waals surface area contributed by atoms with E-state index in [0.29, 0.717) is 23.7 Å². The number of ether oxygens (including phenoxy) is 2. The average Bonchev–Trinajstić information content (AvgIpc) is 3.09. The Labute approximate surface area is 119 Å². The molecule has 1 aromatic heterocycles. The number of carbonyl (C=O) groups excluding carboxylic acids is 2. The molecular weight excluding hydrogens is 272 g/mol. The summed E-state index contributed by atoms with van der Waals surface area (Å²) >= 11 is 0. The van der Waals surface area contributed by atoms with Gasteiger partial charge in [-0.2, -0.15) is 0 Å². The molecule has 2 heterocycles. The van der Waals surface area contributed by atoms with Gasteiger partial charge in [0.25, 0.3) is 0 Å². The van der Waals surface area contributed by atoms with Crippen LogP contribution in [-0.2, 0) is 6.42 Å². The molecule has 1 aliphatic heterocycles. The molecule has 0 radical (unpaired) electrons. The highest BCUT2D eigenvalue weighted by atomic mass is 16.7. The summed E-state index contributed by atoms with van der Waals surface area (Å²) in [4.78, 5) is 30.5. The van der Waals surface area contributed by atoms with E-state index in [9.17, 15) is 9.59 Å². The third kappa shape index (κ3) is 1.92. The summed E-state index contributed by atoms with van der Waals surface area (Å²) in [6.07, 6.45) is 2.98. The number of fused-ring (bicyclic) bond motifs is 2. The van der Waals surface area contributed by atoms with E-state index < -0.39 is 0 Å². The van der Waals surface area contributed by atoms with E-state index in [1.807, 2.05) is 18.2 Å². The lowest BCUT2D eigenvalue weighted by Crippen LogP contribution is -2.10. The van der Waals surface area contributed by atoms with E-state index in [1.54, 1.807) is 0 Å². The molecule has 21 heavy (non-hydrogen) atoms. The van der Waals surface area contributed by atoms with E-state index in [-0.39, 0.29) is 29.7 Å². The maximum absolute atomic E-state index is 11.7. The predicted octanol–water partition coefficient (Wildman–Crippen LogP) is 1.66. The number of ketones is 2. The highest BCUT2D eigenvalue weighted by molar-refractivity contribution is 6.20. The molecular formula is C15H10N2O4. The van der Waals surface area contributed by atoms with Gasteiger partial charge < -0.3 is 14.5 Å². The van der Waals surface area contributed by atoms with E-state index in [4.69, 9.17) is 9.47 Å². The first-order valence-corrected chi connectivity index (χ1v) is 6.45. The number of benzene rings is 1. The van der Waals surface area contributed by atoms with Gasteiger partial charge in [-0.15, -0.1) is 0 Å². The van der Waals surface area contributed by atoms with Crippen LogP contribution in [0.3, 0.4) is 0 Å². The van der Waals surface area contributed by atoms with E-state index >= 15 is 0 Å². The van der Waals surface area contributed by atoms with Crippen LogP contribution in [0.2, 0.25) is 0 Å². The Balaban J connectivity index is 1.65. The fourth-order valence-electron chi connectivity index (χ4n) is 2.42. The Morgan fingerprint density at radius 2 is 1.90 bits per heavy atom. The molecule has 1 aromatic carbocycles. The van der Waals surface area contributed by atoms with Crippen molar-refractivity contribution >= 4 is 11.6 Å². The number of nitrogens with one attached hydrogen (secondary N) is 1. The van der Waals surface area contributed by atoms with Gasteiger partial charge in [0, 0.05) is 6.42 Å². The van der Waals surface area contributed by atoms with Crippen molar-refractivity contribution in [2.45, 2.75) is 6.42 Å². The first-order valence-electron chi connectivity index (χ1n) is 6.45. The molecule has 0 saturated heterocycles. The Kier molecular flexibility index (Phi) is 2.44. The van der Waals surface area contributed by atoms with Gasteiger partial charge in [-0.1, -0.05) is 6.07 Å². The Morgan fingerprint density at radius 3 is 2.76 bits per heavy atom. The Bertz CT molecular complexity index is 769. The normalized spacial score (nSPS) is 15.4. The van der Waals surface area contributed by atoms with Crippen molar-refractivity contribution in [1.82, 2.24) is 9.97 Å². The molecule has 1 N–H and O–H groups in total. The molecule has 1 aliphatic carbocycles. The van der Waals surface area contributed by atoms with Crippen LogP contribution in [0.4, 0.5) is 0 Å². The number of allylic oxidation sites excluding steroid dienone is 2.